The molecule has 0 atom stereocenters. The van der Waals surface area contributed by atoms with Gasteiger partial charge in [0.1, 0.15) is 14.8 Å². The number of para-hydroxylation sites is 1. The van der Waals surface area contributed by atoms with Crippen molar-refractivity contribution in [2.75, 3.05) is 17.8 Å². The van der Waals surface area contributed by atoms with Gasteiger partial charge in [-0.2, -0.15) is 0 Å². The smallest absolute Gasteiger partial charge is 0.265 e. The maximum atomic E-state index is 13.3. The summed E-state index contributed by atoms with van der Waals surface area (Å²) in [6.07, 6.45) is 3.22. The van der Waals surface area contributed by atoms with E-state index in [0.717, 1.165) is 43.5 Å². The topological polar surface area (TPSA) is 84.3 Å². The summed E-state index contributed by atoms with van der Waals surface area (Å²) in [4.78, 5) is 20.4. The Morgan fingerprint density at radius 3 is 2.33 bits per heavy atom. The molecule has 0 aliphatic carbocycles. The predicted molar refractivity (Wildman–Crippen MR) is 132 cm³/mol. The second-order valence-electron chi connectivity index (χ2n) is 8.70. The minimum Gasteiger partial charge on any atom is -0.345 e. The Bertz CT molecular complexity index is 1300. The predicted octanol–water partition coefficient (Wildman–Crippen LogP) is 4.81. The summed E-state index contributed by atoms with van der Waals surface area (Å²) in [6.45, 7) is 8.94. The lowest BCUT2D eigenvalue weighted by molar-refractivity contribution is 0.0728. The van der Waals surface area contributed by atoms with Crippen LogP contribution in [0.4, 0.5) is 5.69 Å². The molecule has 1 aromatic carbocycles. The van der Waals surface area contributed by atoms with Crippen molar-refractivity contribution in [3.63, 3.8) is 0 Å². The fraction of sp³-hybridized carbons (Fsp3) is 0.417. The largest absolute Gasteiger partial charge is 0.345 e. The van der Waals surface area contributed by atoms with Gasteiger partial charge < -0.3 is 9.47 Å². The number of anilines is 1. The number of benzene rings is 1. The fourth-order valence-electron chi connectivity index (χ4n) is 4.26. The Balaban J connectivity index is 1.68. The summed E-state index contributed by atoms with van der Waals surface area (Å²) < 4.78 is 31.2. The minimum absolute atomic E-state index is 0.0198. The molecule has 33 heavy (non-hydrogen) atoms. The first-order chi connectivity index (χ1) is 15.6. The van der Waals surface area contributed by atoms with E-state index in [2.05, 4.69) is 9.71 Å². The van der Waals surface area contributed by atoms with Gasteiger partial charge in [0, 0.05) is 25.8 Å². The molecule has 0 saturated carbocycles. The highest BCUT2D eigenvalue weighted by molar-refractivity contribution is 7.92. The minimum atomic E-state index is -3.80. The van der Waals surface area contributed by atoms with Crippen LogP contribution in [-0.2, 0) is 17.1 Å². The summed E-state index contributed by atoms with van der Waals surface area (Å²) in [5.74, 6) is 0.0198. The normalized spacial score (nSPS) is 14.5. The van der Waals surface area contributed by atoms with E-state index in [1.165, 1.54) is 11.3 Å². The number of nitrogens with one attached hydrogen (secondary N) is 1. The number of likely N-dealkylation sites (tertiary alicyclic amines) is 1. The van der Waals surface area contributed by atoms with Gasteiger partial charge in [0.05, 0.1) is 17.1 Å². The number of aryl methyl sites for hydroxylation is 3. The van der Waals surface area contributed by atoms with Crippen LogP contribution in [0.3, 0.4) is 0 Å². The van der Waals surface area contributed by atoms with E-state index < -0.39 is 10.0 Å². The molecule has 0 radical (unpaired) electrons. The van der Waals surface area contributed by atoms with Gasteiger partial charge in [-0.15, -0.1) is 11.3 Å². The van der Waals surface area contributed by atoms with E-state index in [1.807, 2.05) is 55.5 Å². The third-order valence-corrected chi connectivity index (χ3v) is 8.98. The summed E-state index contributed by atoms with van der Waals surface area (Å²) in [6, 6.07) is 7.32. The molecule has 1 aliphatic heterocycles. The Morgan fingerprint density at radius 2 is 1.70 bits per heavy atom. The number of thiazole rings is 1. The average Bonchev–Trinajstić information content (AvgIpc) is 3.31. The molecule has 0 unspecified atom stereocenters. The molecule has 2 aromatic heterocycles. The van der Waals surface area contributed by atoms with E-state index in [-0.39, 0.29) is 10.8 Å². The summed E-state index contributed by atoms with van der Waals surface area (Å²) in [5, 5.41) is 0.645. The van der Waals surface area contributed by atoms with Crippen LogP contribution in [0.5, 0.6) is 0 Å². The summed E-state index contributed by atoms with van der Waals surface area (Å²) >= 11 is 1.33. The van der Waals surface area contributed by atoms with Crippen molar-refractivity contribution >= 4 is 33.0 Å². The summed E-state index contributed by atoms with van der Waals surface area (Å²) in [5.41, 5.74) is 4.30. The zero-order chi connectivity index (χ0) is 23.9. The van der Waals surface area contributed by atoms with Crippen molar-refractivity contribution in [3.8, 4) is 10.7 Å². The molecular weight excluding hydrogens is 456 g/mol. The quantitative estimate of drug-likeness (QED) is 0.561. The molecule has 3 heterocycles. The highest BCUT2D eigenvalue weighted by atomic mass is 32.2. The van der Waals surface area contributed by atoms with E-state index >= 15 is 0 Å². The number of nitrogens with zero attached hydrogens (tertiary/aromatic N) is 3. The number of amides is 1. The molecular formula is C24H30N4O3S2. The third kappa shape index (κ3) is 4.44. The lowest BCUT2D eigenvalue weighted by Crippen LogP contribution is -2.35. The first-order valence-electron chi connectivity index (χ1n) is 11.1. The summed E-state index contributed by atoms with van der Waals surface area (Å²) in [7, 11) is -1.98. The van der Waals surface area contributed by atoms with Gasteiger partial charge in [-0.05, 0) is 64.2 Å². The first kappa shape index (κ1) is 23.5. The lowest BCUT2D eigenvalue weighted by atomic mass is 10.1. The SMILES string of the molecule is Cc1cccc(C)c1NS(=O)(=O)c1cc(-c2nc(C)c(C(=O)N3CCCCC3)s2)n(C)c1C. The van der Waals surface area contributed by atoms with Crippen molar-refractivity contribution in [2.24, 2.45) is 7.05 Å². The number of hydrogen-bond donors (Lipinski definition) is 1. The maximum absolute atomic E-state index is 13.3. The molecule has 9 heteroatoms. The Morgan fingerprint density at radius 1 is 1.06 bits per heavy atom. The molecule has 1 N–H and O–H groups in total. The number of piperidine rings is 1. The zero-order valence-corrected chi connectivity index (χ0v) is 21.4. The molecule has 1 aliphatic rings. The molecule has 0 spiro atoms. The number of rotatable bonds is 5. The molecule has 1 fully saturated rings. The van der Waals surface area contributed by atoms with Gasteiger partial charge >= 0.3 is 0 Å². The molecule has 0 bridgehead atoms. The number of carbonyl (C=O) groups excluding carboxylic acids is 1. The molecule has 1 saturated heterocycles. The van der Waals surface area contributed by atoms with Crippen molar-refractivity contribution in [2.45, 2.75) is 51.9 Å². The van der Waals surface area contributed by atoms with Crippen molar-refractivity contribution in [3.05, 3.63) is 51.7 Å². The zero-order valence-electron chi connectivity index (χ0n) is 19.7. The van der Waals surface area contributed by atoms with Crippen LogP contribution >= 0.6 is 11.3 Å². The molecule has 7 nitrogen and oxygen atoms in total. The van der Waals surface area contributed by atoms with Crippen LogP contribution < -0.4 is 4.72 Å². The molecule has 176 valence electrons. The number of sulfonamides is 1. The Kier molecular flexibility index (Phi) is 6.37. The lowest BCUT2D eigenvalue weighted by Gasteiger charge is -2.26. The molecule has 3 aromatic rings. The second kappa shape index (κ2) is 8.95. The Hall–Kier alpha value is -2.65. The van der Waals surface area contributed by atoms with Crippen LogP contribution in [0.15, 0.2) is 29.2 Å². The number of hydrogen-bond acceptors (Lipinski definition) is 5. The molecule has 4 rings (SSSR count). The van der Waals surface area contributed by atoms with E-state index in [9.17, 15) is 13.2 Å². The van der Waals surface area contributed by atoms with E-state index in [4.69, 9.17) is 0 Å². The van der Waals surface area contributed by atoms with Gasteiger partial charge in [0.15, 0.2) is 0 Å². The fourth-order valence-corrected chi connectivity index (χ4v) is 6.84. The maximum Gasteiger partial charge on any atom is 0.265 e. The number of carbonyl (C=O) groups is 1. The van der Waals surface area contributed by atoms with Crippen molar-refractivity contribution < 1.29 is 13.2 Å². The third-order valence-electron chi connectivity index (χ3n) is 6.35. The van der Waals surface area contributed by atoms with Crippen molar-refractivity contribution in [1.29, 1.82) is 0 Å². The average molecular weight is 487 g/mol. The monoisotopic (exact) mass is 486 g/mol. The van der Waals surface area contributed by atoms with Gasteiger partial charge in [0.25, 0.3) is 15.9 Å². The van der Waals surface area contributed by atoms with Gasteiger partial charge in [0.2, 0.25) is 0 Å². The first-order valence-corrected chi connectivity index (χ1v) is 13.4. The highest BCUT2D eigenvalue weighted by Crippen LogP contribution is 2.34. The second-order valence-corrected chi connectivity index (χ2v) is 11.3. The standard InChI is InChI=1S/C24H30N4O3S2/c1-15-10-9-11-16(2)21(15)26-33(30,31)20-14-19(27(5)18(20)4)23-25-17(3)22(32-23)24(29)28-12-7-6-8-13-28/h9-11,14,26H,6-8,12-13H2,1-5H3. The van der Waals surface area contributed by atoms with Crippen LogP contribution in [0, 0.1) is 27.7 Å². The van der Waals surface area contributed by atoms with Crippen LogP contribution in [0.2, 0.25) is 0 Å². The van der Waals surface area contributed by atoms with Gasteiger partial charge in [-0.25, -0.2) is 13.4 Å². The highest BCUT2D eigenvalue weighted by Gasteiger charge is 2.27. The van der Waals surface area contributed by atoms with Crippen LogP contribution in [-0.4, -0.2) is 41.9 Å². The van der Waals surface area contributed by atoms with Crippen LogP contribution in [0.25, 0.3) is 10.7 Å². The van der Waals surface area contributed by atoms with E-state index in [0.29, 0.717) is 32.7 Å². The Labute approximate surface area is 199 Å². The van der Waals surface area contributed by atoms with Crippen molar-refractivity contribution in [1.82, 2.24) is 14.5 Å². The number of aromatic nitrogens is 2. The van der Waals surface area contributed by atoms with E-state index in [1.54, 1.807) is 13.0 Å². The van der Waals surface area contributed by atoms with Crippen LogP contribution in [0.1, 0.15) is 51.4 Å². The van der Waals surface area contributed by atoms with Gasteiger partial charge in [-0.3, -0.25) is 9.52 Å². The van der Waals surface area contributed by atoms with Gasteiger partial charge in [-0.1, -0.05) is 18.2 Å². The molecule has 1 amide bonds.